The zero-order valence-corrected chi connectivity index (χ0v) is 19.0. The number of imidazole rings is 1. The van der Waals surface area contributed by atoms with Gasteiger partial charge in [0, 0.05) is 6.54 Å². The van der Waals surface area contributed by atoms with E-state index in [0.29, 0.717) is 36.1 Å². The molecule has 0 spiro atoms. The standard InChI is InChI=1S/C25H28N6O3/c1-2-33-19-5-3-4-18(12-19)17-8-6-16(7-9-17)13-27-25-30-22-23(26)28-15-29-24(22)31(25)21-11-10-20(14-32)34-21/h3-9,12,15,20-21,32H,2,10-11,13-14H2,1H3,(H,27,30)(H2,26,28,29)/t20-,21+/m0/s1. The molecule has 2 atom stereocenters. The summed E-state index contributed by atoms with van der Waals surface area (Å²) in [6.45, 7) is 3.17. The molecule has 0 amide bonds. The Hall–Kier alpha value is -3.69. The molecule has 0 bridgehead atoms. The van der Waals surface area contributed by atoms with Crippen LogP contribution < -0.4 is 15.8 Å². The molecule has 1 aliphatic heterocycles. The van der Waals surface area contributed by atoms with E-state index in [4.69, 9.17) is 15.2 Å². The predicted octanol–water partition coefficient (Wildman–Crippen LogP) is 3.76. The topological polar surface area (TPSA) is 120 Å². The van der Waals surface area contributed by atoms with Gasteiger partial charge in [-0.2, -0.15) is 0 Å². The van der Waals surface area contributed by atoms with Gasteiger partial charge in [-0.05, 0) is 48.6 Å². The van der Waals surface area contributed by atoms with Gasteiger partial charge in [-0.3, -0.25) is 4.57 Å². The number of aliphatic hydroxyl groups excluding tert-OH is 1. The number of nitrogen functional groups attached to an aromatic ring is 1. The van der Waals surface area contributed by atoms with Crippen molar-refractivity contribution in [3.63, 3.8) is 0 Å². The van der Waals surface area contributed by atoms with Gasteiger partial charge in [-0.15, -0.1) is 0 Å². The Morgan fingerprint density at radius 3 is 2.76 bits per heavy atom. The summed E-state index contributed by atoms with van der Waals surface area (Å²) in [6.07, 6.45) is 2.48. The van der Waals surface area contributed by atoms with Gasteiger partial charge in [0.05, 0.1) is 19.3 Å². The highest BCUT2D eigenvalue weighted by Crippen LogP contribution is 2.34. The maximum Gasteiger partial charge on any atom is 0.207 e. The van der Waals surface area contributed by atoms with Crippen LogP contribution in [-0.4, -0.2) is 43.9 Å². The van der Waals surface area contributed by atoms with Gasteiger partial charge < -0.3 is 25.6 Å². The van der Waals surface area contributed by atoms with Crippen LogP contribution in [0.1, 0.15) is 31.6 Å². The van der Waals surface area contributed by atoms with E-state index in [1.165, 1.54) is 6.33 Å². The Morgan fingerprint density at radius 1 is 1.15 bits per heavy atom. The van der Waals surface area contributed by atoms with Crippen molar-refractivity contribution in [1.29, 1.82) is 0 Å². The molecule has 2 aromatic heterocycles. The van der Waals surface area contributed by atoms with Crippen molar-refractivity contribution >= 4 is 22.9 Å². The van der Waals surface area contributed by atoms with Gasteiger partial charge in [0.1, 0.15) is 18.3 Å². The second-order valence-corrected chi connectivity index (χ2v) is 8.22. The number of aliphatic hydroxyl groups is 1. The minimum atomic E-state index is -0.279. The van der Waals surface area contributed by atoms with E-state index in [9.17, 15) is 5.11 Å². The van der Waals surface area contributed by atoms with Gasteiger partial charge in [0.25, 0.3) is 0 Å². The van der Waals surface area contributed by atoms with Crippen LogP contribution in [0.15, 0.2) is 54.9 Å². The highest BCUT2D eigenvalue weighted by atomic mass is 16.5. The third kappa shape index (κ3) is 4.40. The molecule has 3 heterocycles. The number of nitrogens with zero attached hydrogens (tertiary/aromatic N) is 4. The second-order valence-electron chi connectivity index (χ2n) is 8.22. The van der Waals surface area contributed by atoms with Crippen LogP contribution in [0.2, 0.25) is 0 Å². The third-order valence-electron chi connectivity index (χ3n) is 5.97. The summed E-state index contributed by atoms with van der Waals surface area (Å²) in [5, 5.41) is 12.9. The van der Waals surface area contributed by atoms with E-state index < -0.39 is 0 Å². The zero-order valence-electron chi connectivity index (χ0n) is 19.0. The lowest BCUT2D eigenvalue weighted by Gasteiger charge is -2.17. The molecule has 0 unspecified atom stereocenters. The molecule has 4 N–H and O–H groups in total. The van der Waals surface area contributed by atoms with Crippen molar-refractivity contribution in [2.24, 2.45) is 0 Å². The molecule has 4 aromatic rings. The van der Waals surface area contributed by atoms with Crippen LogP contribution in [0, 0.1) is 0 Å². The number of nitrogens with one attached hydrogen (secondary N) is 1. The number of aromatic nitrogens is 4. The minimum absolute atomic E-state index is 0.0111. The Kier molecular flexibility index (Phi) is 6.29. The zero-order chi connectivity index (χ0) is 23.5. The SMILES string of the molecule is CCOc1cccc(-c2ccc(CNc3nc4c(N)ncnc4n3[C@H]3CC[C@@H](CO)O3)cc2)c1. The van der Waals surface area contributed by atoms with Crippen LogP contribution >= 0.6 is 0 Å². The number of anilines is 2. The molecule has 34 heavy (non-hydrogen) atoms. The average molecular weight is 461 g/mol. The fourth-order valence-electron chi connectivity index (χ4n) is 4.26. The molecule has 1 fully saturated rings. The van der Waals surface area contributed by atoms with Crippen molar-refractivity contribution in [2.75, 3.05) is 24.3 Å². The molecule has 1 aliphatic rings. The van der Waals surface area contributed by atoms with Gasteiger partial charge in [0.15, 0.2) is 17.0 Å². The van der Waals surface area contributed by atoms with Crippen molar-refractivity contribution in [3.8, 4) is 16.9 Å². The number of nitrogens with two attached hydrogens (primary N) is 1. The number of benzene rings is 2. The van der Waals surface area contributed by atoms with Crippen LogP contribution in [0.4, 0.5) is 11.8 Å². The minimum Gasteiger partial charge on any atom is -0.494 e. The van der Waals surface area contributed by atoms with E-state index in [-0.39, 0.29) is 18.9 Å². The monoisotopic (exact) mass is 460 g/mol. The summed E-state index contributed by atoms with van der Waals surface area (Å²) >= 11 is 0. The van der Waals surface area contributed by atoms with Gasteiger partial charge >= 0.3 is 0 Å². The lowest BCUT2D eigenvalue weighted by Crippen LogP contribution is -2.17. The smallest absolute Gasteiger partial charge is 0.207 e. The molecule has 0 radical (unpaired) electrons. The highest BCUT2D eigenvalue weighted by Gasteiger charge is 2.30. The van der Waals surface area contributed by atoms with Crippen LogP contribution in [0.3, 0.4) is 0 Å². The first-order valence-electron chi connectivity index (χ1n) is 11.5. The first kappa shape index (κ1) is 22.1. The first-order valence-corrected chi connectivity index (χ1v) is 11.5. The van der Waals surface area contributed by atoms with E-state index in [1.54, 1.807) is 0 Å². The van der Waals surface area contributed by atoms with Crippen molar-refractivity contribution < 1.29 is 14.6 Å². The first-order chi connectivity index (χ1) is 16.7. The molecule has 9 heteroatoms. The van der Waals surface area contributed by atoms with Crippen LogP contribution in [0.25, 0.3) is 22.3 Å². The highest BCUT2D eigenvalue weighted by molar-refractivity contribution is 5.84. The predicted molar refractivity (Wildman–Crippen MR) is 130 cm³/mol. The molecule has 5 rings (SSSR count). The van der Waals surface area contributed by atoms with E-state index in [1.807, 2.05) is 29.7 Å². The summed E-state index contributed by atoms with van der Waals surface area (Å²) in [5.74, 6) is 1.80. The van der Waals surface area contributed by atoms with Gasteiger partial charge in [-0.1, -0.05) is 36.4 Å². The Balaban J connectivity index is 1.36. The number of rotatable bonds is 8. The van der Waals surface area contributed by atoms with Crippen LogP contribution in [0.5, 0.6) is 5.75 Å². The third-order valence-corrected chi connectivity index (χ3v) is 5.97. The fraction of sp³-hybridized carbons (Fsp3) is 0.320. The maximum atomic E-state index is 9.49. The Bertz CT molecular complexity index is 1270. The molecular formula is C25H28N6O3. The molecule has 9 nitrogen and oxygen atoms in total. The second kappa shape index (κ2) is 9.66. The quantitative estimate of drug-likeness (QED) is 0.364. The number of hydrogen-bond donors (Lipinski definition) is 3. The lowest BCUT2D eigenvalue weighted by atomic mass is 10.0. The molecule has 1 saturated heterocycles. The summed E-state index contributed by atoms with van der Waals surface area (Å²) in [7, 11) is 0. The molecule has 176 valence electrons. The number of fused-ring (bicyclic) bond motifs is 1. The Labute approximate surface area is 197 Å². The summed E-state index contributed by atoms with van der Waals surface area (Å²) in [4.78, 5) is 13.1. The van der Waals surface area contributed by atoms with E-state index >= 15 is 0 Å². The summed E-state index contributed by atoms with van der Waals surface area (Å²) in [6, 6.07) is 16.5. The van der Waals surface area contributed by atoms with Crippen molar-refractivity contribution in [2.45, 2.75) is 38.6 Å². The normalized spacial score (nSPS) is 17.8. The number of hydrogen-bond acceptors (Lipinski definition) is 8. The van der Waals surface area contributed by atoms with Gasteiger partial charge in [0.2, 0.25) is 5.95 Å². The Morgan fingerprint density at radius 2 is 2.00 bits per heavy atom. The molecule has 2 aromatic carbocycles. The van der Waals surface area contributed by atoms with Gasteiger partial charge in [-0.25, -0.2) is 15.0 Å². The molecule has 0 aliphatic carbocycles. The van der Waals surface area contributed by atoms with Crippen molar-refractivity contribution in [3.05, 3.63) is 60.4 Å². The number of ether oxygens (including phenoxy) is 2. The summed E-state index contributed by atoms with van der Waals surface area (Å²) < 4.78 is 13.5. The molecule has 0 saturated carbocycles. The maximum absolute atomic E-state index is 9.49. The van der Waals surface area contributed by atoms with Crippen LogP contribution in [-0.2, 0) is 11.3 Å². The van der Waals surface area contributed by atoms with E-state index in [0.717, 1.165) is 35.3 Å². The lowest BCUT2D eigenvalue weighted by molar-refractivity contribution is -0.0197. The van der Waals surface area contributed by atoms with E-state index in [2.05, 4.69) is 50.6 Å². The van der Waals surface area contributed by atoms with Crippen molar-refractivity contribution in [1.82, 2.24) is 19.5 Å². The average Bonchev–Trinajstić information content (AvgIpc) is 3.48. The fourth-order valence-corrected chi connectivity index (χ4v) is 4.26. The largest absolute Gasteiger partial charge is 0.494 e. The molecular weight excluding hydrogens is 432 g/mol. The summed E-state index contributed by atoms with van der Waals surface area (Å²) in [5.41, 5.74) is 10.5.